The molecule has 3 aliphatic rings. The van der Waals surface area contributed by atoms with Gasteiger partial charge in [0.1, 0.15) is 5.78 Å². The van der Waals surface area contributed by atoms with Crippen LogP contribution in [0.3, 0.4) is 0 Å². The monoisotopic (exact) mass is 475 g/mol. The molecule has 5 rings (SSSR count). The Morgan fingerprint density at radius 3 is 2.56 bits per heavy atom. The van der Waals surface area contributed by atoms with Crippen LogP contribution in [-0.4, -0.2) is 28.4 Å². The predicted molar refractivity (Wildman–Crippen MR) is 133 cm³/mol. The molecule has 0 N–H and O–H groups in total. The van der Waals surface area contributed by atoms with Crippen molar-refractivity contribution in [3.05, 3.63) is 47.0 Å². The third-order valence-corrected chi connectivity index (χ3v) is 9.19. The number of carbonyl (C=O) groups excluding carboxylic acids is 3. The number of hydrogen-bond acceptors (Lipinski definition) is 5. The molecule has 2 unspecified atom stereocenters. The maximum atomic E-state index is 13.3. The van der Waals surface area contributed by atoms with E-state index in [1.54, 1.807) is 12.1 Å². The third kappa shape index (κ3) is 3.32. The van der Waals surface area contributed by atoms with Crippen molar-refractivity contribution in [2.45, 2.75) is 59.3 Å². The summed E-state index contributed by atoms with van der Waals surface area (Å²) in [6.45, 7) is 6.45. The second-order valence-corrected chi connectivity index (χ2v) is 10.9. The molecule has 0 aromatic heterocycles. The van der Waals surface area contributed by atoms with Crippen molar-refractivity contribution in [1.82, 2.24) is 5.06 Å². The zero-order valence-electron chi connectivity index (χ0n) is 19.9. The van der Waals surface area contributed by atoms with E-state index in [0.717, 1.165) is 60.2 Å². The van der Waals surface area contributed by atoms with E-state index in [-0.39, 0.29) is 11.2 Å². The predicted octanol–water partition coefficient (Wildman–Crippen LogP) is 5.95. The molecule has 2 atom stereocenters. The fourth-order valence-electron chi connectivity index (χ4n) is 5.96. The van der Waals surface area contributed by atoms with E-state index in [1.807, 2.05) is 18.2 Å². The molecule has 2 aliphatic carbocycles. The number of hydroxylamine groups is 2. The lowest BCUT2D eigenvalue weighted by molar-refractivity contribution is -0.128. The first kappa shape index (κ1) is 23.1. The number of carbonyl (C=O) groups is 3. The second-order valence-electron chi connectivity index (χ2n) is 10.2. The third-order valence-electron chi connectivity index (χ3n) is 8.32. The van der Waals surface area contributed by atoms with E-state index in [2.05, 4.69) is 32.6 Å². The van der Waals surface area contributed by atoms with E-state index in [0.29, 0.717) is 34.6 Å². The van der Waals surface area contributed by atoms with Gasteiger partial charge >= 0.3 is 0 Å². The minimum Gasteiger partial charge on any atom is -0.299 e. The van der Waals surface area contributed by atoms with Gasteiger partial charge in [-0.2, -0.15) is 4.28 Å². The van der Waals surface area contributed by atoms with Crippen molar-refractivity contribution in [3.63, 3.8) is 0 Å². The van der Waals surface area contributed by atoms with E-state index in [4.69, 9.17) is 4.28 Å². The van der Waals surface area contributed by atoms with Gasteiger partial charge in [-0.25, -0.2) is 0 Å². The molecule has 0 radical (unpaired) electrons. The molecule has 0 spiro atoms. The average Bonchev–Trinajstić information content (AvgIpc) is 3.18. The number of nitrogens with zero attached hydrogens (tertiary/aromatic N) is 1. The summed E-state index contributed by atoms with van der Waals surface area (Å²) < 4.78 is 5.74. The lowest BCUT2D eigenvalue weighted by Gasteiger charge is -2.36. The number of amides is 2. The van der Waals surface area contributed by atoms with Gasteiger partial charge in [-0.3, -0.25) is 14.4 Å². The Morgan fingerprint density at radius 1 is 1.12 bits per heavy atom. The van der Waals surface area contributed by atoms with Gasteiger partial charge in [-0.15, -0.1) is 5.06 Å². The number of benzene rings is 2. The molecule has 1 heterocycles. The second kappa shape index (κ2) is 8.55. The van der Waals surface area contributed by atoms with Crippen LogP contribution in [0, 0.1) is 28.6 Å². The Morgan fingerprint density at radius 2 is 1.88 bits per heavy atom. The van der Waals surface area contributed by atoms with E-state index in [1.165, 1.54) is 0 Å². The van der Waals surface area contributed by atoms with Gasteiger partial charge in [0.25, 0.3) is 11.8 Å². The van der Waals surface area contributed by atoms with Gasteiger partial charge in [0, 0.05) is 47.0 Å². The number of Topliss-reactive ketones (excluding diaryl/α,β-unsaturated/α-hetero) is 1. The molecular formula is C28H29NO4S. The Balaban J connectivity index is 1.39. The highest BCUT2D eigenvalue weighted by molar-refractivity contribution is 7.94. The Bertz CT molecular complexity index is 1250. The van der Waals surface area contributed by atoms with Crippen molar-refractivity contribution < 1.29 is 18.7 Å². The minimum absolute atomic E-state index is 0.0941. The van der Waals surface area contributed by atoms with Crippen LogP contribution in [0.25, 0.3) is 10.8 Å². The summed E-state index contributed by atoms with van der Waals surface area (Å²) in [6, 6.07) is 9.02. The molecule has 5 nitrogen and oxygen atoms in total. The Hall–Kier alpha value is -2.62. The highest BCUT2D eigenvalue weighted by Crippen LogP contribution is 2.64. The molecule has 2 bridgehead atoms. The van der Waals surface area contributed by atoms with Crippen LogP contribution in [0.15, 0.2) is 30.3 Å². The van der Waals surface area contributed by atoms with E-state index < -0.39 is 17.2 Å². The zero-order valence-corrected chi connectivity index (χ0v) is 20.7. The summed E-state index contributed by atoms with van der Waals surface area (Å²) in [7, 11) is 0. The molecule has 34 heavy (non-hydrogen) atoms. The molecule has 2 fully saturated rings. The van der Waals surface area contributed by atoms with Gasteiger partial charge in [0.05, 0.1) is 11.1 Å². The Labute approximate surface area is 204 Å². The summed E-state index contributed by atoms with van der Waals surface area (Å²) in [6.07, 6.45) is 5.44. The van der Waals surface area contributed by atoms with Gasteiger partial charge in [0.15, 0.2) is 0 Å². The summed E-state index contributed by atoms with van der Waals surface area (Å²) in [4.78, 5) is 39.3. The molecule has 0 saturated heterocycles. The molecule has 6 heteroatoms. The zero-order chi connectivity index (χ0) is 24.1. The van der Waals surface area contributed by atoms with Crippen molar-refractivity contribution >= 4 is 40.4 Å². The minimum atomic E-state index is -0.481. The topological polar surface area (TPSA) is 63.7 Å². The van der Waals surface area contributed by atoms with Crippen molar-refractivity contribution in [1.29, 1.82) is 0 Å². The first-order valence-corrected chi connectivity index (χ1v) is 13.0. The van der Waals surface area contributed by atoms with E-state index in [9.17, 15) is 14.4 Å². The van der Waals surface area contributed by atoms with E-state index >= 15 is 0 Å². The molecule has 2 amide bonds. The summed E-state index contributed by atoms with van der Waals surface area (Å²) in [5.41, 5.74) is 1.14. The molecule has 1 aliphatic heterocycles. The highest BCUT2D eigenvalue weighted by atomic mass is 32.2. The molecule has 2 aromatic rings. The maximum Gasteiger partial charge on any atom is 0.286 e. The quantitative estimate of drug-likeness (QED) is 0.223. The number of fused-ring (bicyclic) bond motifs is 2. The lowest BCUT2D eigenvalue weighted by Crippen LogP contribution is -2.41. The van der Waals surface area contributed by atoms with Crippen LogP contribution in [0.2, 0.25) is 0 Å². The van der Waals surface area contributed by atoms with Crippen LogP contribution >= 0.6 is 12.0 Å². The first-order valence-electron chi connectivity index (χ1n) is 12.1. The van der Waals surface area contributed by atoms with Crippen molar-refractivity contribution in [2.75, 3.05) is 5.75 Å². The van der Waals surface area contributed by atoms with Gasteiger partial charge in [0.2, 0.25) is 0 Å². The summed E-state index contributed by atoms with van der Waals surface area (Å²) in [5, 5.41) is 2.29. The smallest absolute Gasteiger partial charge is 0.286 e. The molecular weight excluding hydrogens is 446 g/mol. The molecule has 2 aromatic carbocycles. The standard InChI is InChI=1S/C28H29NO4S/c1-4-5-6-7-9-18-12-13-22-24-20(18)10-8-11-21(24)25(31)29(26(22)32)33-34-17-28-15-14-19(16-23(28)30)27(28,2)3/h8,10-13,19H,4-6,14-17H2,1-3H3. The number of hydrogen-bond donors (Lipinski definition) is 0. The van der Waals surface area contributed by atoms with Gasteiger partial charge in [-0.1, -0.05) is 51.2 Å². The number of rotatable bonds is 6. The first-order chi connectivity index (χ1) is 16.3. The fraction of sp³-hybridized carbons (Fsp3) is 0.464. The van der Waals surface area contributed by atoms with Crippen LogP contribution in [0.1, 0.15) is 85.6 Å². The summed E-state index contributed by atoms with van der Waals surface area (Å²) in [5.74, 6) is 6.56. The number of unbranched alkanes of at least 4 members (excludes halogenated alkanes) is 2. The van der Waals surface area contributed by atoms with Crippen molar-refractivity contribution in [2.24, 2.45) is 16.7 Å². The number of ketones is 1. The number of imide groups is 1. The largest absolute Gasteiger partial charge is 0.299 e. The van der Waals surface area contributed by atoms with Crippen LogP contribution in [0.4, 0.5) is 0 Å². The van der Waals surface area contributed by atoms with Crippen LogP contribution in [-0.2, 0) is 9.08 Å². The lowest BCUT2D eigenvalue weighted by atomic mass is 9.70. The van der Waals surface area contributed by atoms with Gasteiger partial charge < -0.3 is 0 Å². The van der Waals surface area contributed by atoms with Crippen LogP contribution in [0.5, 0.6) is 0 Å². The average molecular weight is 476 g/mol. The molecule has 176 valence electrons. The fourth-order valence-corrected chi connectivity index (χ4v) is 7.13. The molecule has 2 saturated carbocycles. The Kier molecular flexibility index (Phi) is 5.82. The van der Waals surface area contributed by atoms with Gasteiger partial charge in [-0.05, 0) is 54.2 Å². The highest BCUT2D eigenvalue weighted by Gasteiger charge is 2.64. The maximum absolute atomic E-state index is 13.3. The summed E-state index contributed by atoms with van der Waals surface area (Å²) >= 11 is 1.04. The van der Waals surface area contributed by atoms with Crippen LogP contribution < -0.4 is 0 Å². The SMILES string of the molecule is CCCCC#Cc1ccc2c3c(cccc13)C(=O)N(OSCC13CCC(CC1=O)C3(C)C)C2=O. The van der Waals surface area contributed by atoms with Crippen molar-refractivity contribution in [3.8, 4) is 11.8 Å². The normalized spacial score (nSPS) is 24.6.